The maximum absolute atomic E-state index is 5.82. The second-order valence-electron chi connectivity index (χ2n) is 5.04. The number of rotatable bonds is 1. The van der Waals surface area contributed by atoms with E-state index in [4.69, 9.17) is 4.74 Å². The fourth-order valence-electron chi connectivity index (χ4n) is 2.79. The average Bonchev–Trinajstić information content (AvgIpc) is 2.82. The summed E-state index contributed by atoms with van der Waals surface area (Å²) in [6, 6.07) is 0. The van der Waals surface area contributed by atoms with Gasteiger partial charge in [-0.25, -0.2) is 4.98 Å². The van der Waals surface area contributed by atoms with Crippen LogP contribution in [-0.2, 0) is 4.74 Å². The van der Waals surface area contributed by atoms with E-state index >= 15 is 0 Å². The molecule has 1 aromatic heterocycles. The van der Waals surface area contributed by atoms with Gasteiger partial charge in [-0.3, -0.25) is 0 Å². The number of hydrogen-bond acceptors (Lipinski definition) is 5. The summed E-state index contributed by atoms with van der Waals surface area (Å²) in [6.45, 7) is 6.06. The van der Waals surface area contributed by atoms with E-state index < -0.39 is 0 Å². The Morgan fingerprint density at radius 3 is 3.06 bits per heavy atom. The molecule has 94 valence electrons. The van der Waals surface area contributed by atoms with Crippen molar-refractivity contribution in [2.75, 3.05) is 44.3 Å². The van der Waals surface area contributed by atoms with Crippen LogP contribution < -0.4 is 10.2 Å². The van der Waals surface area contributed by atoms with Crippen LogP contribution in [0.15, 0.2) is 11.6 Å². The van der Waals surface area contributed by atoms with E-state index in [0.717, 1.165) is 44.5 Å². The van der Waals surface area contributed by atoms with E-state index in [9.17, 15) is 0 Å². The van der Waals surface area contributed by atoms with Gasteiger partial charge in [-0.05, 0) is 25.9 Å². The number of piperidine rings is 1. The van der Waals surface area contributed by atoms with Gasteiger partial charge in [-0.15, -0.1) is 11.3 Å². The maximum Gasteiger partial charge on any atom is 0.185 e. The largest absolute Gasteiger partial charge is 0.379 e. The molecule has 0 atom stereocenters. The summed E-state index contributed by atoms with van der Waals surface area (Å²) in [5.74, 6) is 0. The van der Waals surface area contributed by atoms with Crippen molar-refractivity contribution in [1.82, 2.24) is 10.3 Å². The topological polar surface area (TPSA) is 37.4 Å². The Kier molecular flexibility index (Phi) is 3.31. The second-order valence-corrected chi connectivity index (χ2v) is 5.91. The molecule has 1 N–H and O–H groups in total. The fraction of sp³-hybridized carbons (Fsp3) is 0.750. The molecule has 0 unspecified atom stereocenters. The van der Waals surface area contributed by atoms with Crippen molar-refractivity contribution in [2.45, 2.75) is 12.8 Å². The summed E-state index contributed by atoms with van der Waals surface area (Å²) >= 11 is 1.73. The molecule has 17 heavy (non-hydrogen) atoms. The minimum Gasteiger partial charge on any atom is -0.379 e. The molecule has 1 aromatic rings. The number of aromatic nitrogens is 1. The number of nitrogens with one attached hydrogen (secondary N) is 1. The lowest BCUT2D eigenvalue weighted by Crippen LogP contribution is -2.45. The lowest BCUT2D eigenvalue weighted by molar-refractivity contribution is 0.0498. The van der Waals surface area contributed by atoms with E-state index in [0.29, 0.717) is 5.41 Å². The fourth-order valence-corrected chi connectivity index (χ4v) is 3.46. The first-order chi connectivity index (χ1) is 8.38. The second kappa shape index (κ2) is 4.92. The molecule has 2 aliphatic rings. The summed E-state index contributed by atoms with van der Waals surface area (Å²) in [6.07, 6.45) is 4.32. The van der Waals surface area contributed by atoms with Crippen LogP contribution in [0.5, 0.6) is 0 Å². The molecule has 0 amide bonds. The molecule has 0 bridgehead atoms. The Balaban J connectivity index is 1.77. The van der Waals surface area contributed by atoms with Crippen molar-refractivity contribution in [3.63, 3.8) is 0 Å². The summed E-state index contributed by atoms with van der Waals surface area (Å²) in [7, 11) is 0. The highest BCUT2D eigenvalue weighted by Gasteiger charge is 2.36. The first kappa shape index (κ1) is 11.4. The van der Waals surface area contributed by atoms with Gasteiger partial charge in [0.25, 0.3) is 0 Å². The van der Waals surface area contributed by atoms with Gasteiger partial charge in [0.05, 0.1) is 13.2 Å². The van der Waals surface area contributed by atoms with E-state index in [1.165, 1.54) is 12.8 Å². The van der Waals surface area contributed by atoms with Crippen molar-refractivity contribution < 1.29 is 4.74 Å². The lowest BCUT2D eigenvalue weighted by Gasteiger charge is -2.38. The van der Waals surface area contributed by atoms with E-state index in [-0.39, 0.29) is 0 Å². The molecule has 2 fully saturated rings. The smallest absolute Gasteiger partial charge is 0.185 e. The standard InChI is InChI=1S/C12H19N3OS/c1-3-13-4-2-12(1)9-15(6-7-16-10-12)11-14-5-8-17-11/h5,8,13H,1-4,6-7,9-10H2. The number of nitrogens with zero attached hydrogens (tertiary/aromatic N) is 2. The third kappa shape index (κ3) is 2.46. The third-order valence-corrected chi connectivity index (χ3v) is 4.63. The quantitative estimate of drug-likeness (QED) is 0.820. The molecule has 3 rings (SSSR count). The van der Waals surface area contributed by atoms with Crippen molar-refractivity contribution >= 4 is 16.5 Å². The third-order valence-electron chi connectivity index (χ3n) is 3.79. The van der Waals surface area contributed by atoms with Crippen LogP contribution >= 0.6 is 11.3 Å². The van der Waals surface area contributed by atoms with Gasteiger partial charge in [0.15, 0.2) is 5.13 Å². The number of anilines is 1. The zero-order chi connectivity index (χ0) is 11.6. The number of ether oxygens (including phenoxy) is 1. The van der Waals surface area contributed by atoms with Gasteiger partial charge in [-0.1, -0.05) is 0 Å². The number of thiazole rings is 1. The maximum atomic E-state index is 5.82. The Bertz CT molecular complexity index is 349. The predicted octanol–water partition coefficient (Wildman–Crippen LogP) is 1.35. The van der Waals surface area contributed by atoms with Gasteiger partial charge >= 0.3 is 0 Å². The van der Waals surface area contributed by atoms with Crippen LogP contribution in [0.2, 0.25) is 0 Å². The Labute approximate surface area is 106 Å². The average molecular weight is 253 g/mol. The predicted molar refractivity (Wildman–Crippen MR) is 69.7 cm³/mol. The van der Waals surface area contributed by atoms with Crippen molar-refractivity contribution in [3.05, 3.63) is 11.6 Å². The van der Waals surface area contributed by atoms with Gasteiger partial charge < -0.3 is 15.0 Å². The Hall–Kier alpha value is -0.650. The Morgan fingerprint density at radius 2 is 2.29 bits per heavy atom. The molecule has 2 saturated heterocycles. The van der Waals surface area contributed by atoms with Crippen molar-refractivity contribution in [3.8, 4) is 0 Å². The summed E-state index contributed by atoms with van der Waals surface area (Å²) in [4.78, 5) is 6.84. The molecule has 2 aliphatic heterocycles. The first-order valence-electron chi connectivity index (χ1n) is 6.31. The van der Waals surface area contributed by atoms with Gasteiger partial charge in [0.1, 0.15) is 0 Å². The summed E-state index contributed by atoms with van der Waals surface area (Å²) < 4.78 is 5.82. The normalized spacial score (nSPS) is 24.8. The van der Waals surface area contributed by atoms with Crippen LogP contribution in [0.1, 0.15) is 12.8 Å². The minimum absolute atomic E-state index is 0.341. The van der Waals surface area contributed by atoms with Gasteiger partial charge in [-0.2, -0.15) is 0 Å². The van der Waals surface area contributed by atoms with Crippen molar-refractivity contribution in [1.29, 1.82) is 0 Å². The zero-order valence-corrected chi connectivity index (χ0v) is 10.8. The lowest BCUT2D eigenvalue weighted by atomic mass is 9.79. The summed E-state index contributed by atoms with van der Waals surface area (Å²) in [5.41, 5.74) is 0.341. The molecule has 1 spiro atoms. The van der Waals surface area contributed by atoms with E-state index in [2.05, 4.69) is 20.6 Å². The van der Waals surface area contributed by atoms with Gasteiger partial charge in [0, 0.05) is 30.1 Å². The van der Waals surface area contributed by atoms with Crippen LogP contribution in [0.3, 0.4) is 0 Å². The molecular formula is C12H19N3OS. The van der Waals surface area contributed by atoms with Crippen molar-refractivity contribution in [2.24, 2.45) is 5.41 Å². The molecule has 5 heteroatoms. The molecular weight excluding hydrogens is 234 g/mol. The minimum atomic E-state index is 0.341. The first-order valence-corrected chi connectivity index (χ1v) is 7.19. The van der Waals surface area contributed by atoms with E-state index in [1.807, 2.05) is 6.20 Å². The van der Waals surface area contributed by atoms with Crippen LogP contribution in [0.25, 0.3) is 0 Å². The SMILES string of the molecule is c1csc(N2CCOCC3(CCNCC3)C2)n1. The van der Waals surface area contributed by atoms with Crippen LogP contribution in [0, 0.1) is 5.41 Å². The summed E-state index contributed by atoms with van der Waals surface area (Å²) in [5, 5.41) is 6.64. The number of hydrogen-bond donors (Lipinski definition) is 1. The molecule has 4 nitrogen and oxygen atoms in total. The van der Waals surface area contributed by atoms with Gasteiger partial charge in [0.2, 0.25) is 0 Å². The highest BCUT2D eigenvalue weighted by Crippen LogP contribution is 2.34. The molecule has 3 heterocycles. The molecule has 0 aromatic carbocycles. The highest BCUT2D eigenvalue weighted by atomic mass is 32.1. The molecule has 0 saturated carbocycles. The molecule has 0 aliphatic carbocycles. The highest BCUT2D eigenvalue weighted by molar-refractivity contribution is 7.13. The Morgan fingerprint density at radius 1 is 1.41 bits per heavy atom. The van der Waals surface area contributed by atoms with Crippen LogP contribution in [0.4, 0.5) is 5.13 Å². The molecule has 0 radical (unpaired) electrons. The zero-order valence-electron chi connectivity index (χ0n) is 10.0. The van der Waals surface area contributed by atoms with E-state index in [1.54, 1.807) is 11.3 Å². The van der Waals surface area contributed by atoms with Crippen LogP contribution in [-0.4, -0.2) is 44.4 Å². The monoisotopic (exact) mass is 253 g/mol.